The molecule has 0 aliphatic carbocycles. The molecule has 112 valence electrons. The second-order valence-electron chi connectivity index (χ2n) is 5.99. The van der Waals surface area contributed by atoms with E-state index in [1.807, 2.05) is 18.5 Å². The molecule has 1 fully saturated rings. The largest absolute Gasteiger partial charge is 0.299 e. The van der Waals surface area contributed by atoms with Gasteiger partial charge in [0.1, 0.15) is 0 Å². The number of hydrogen-bond donors (Lipinski definition) is 0. The molecule has 22 heavy (non-hydrogen) atoms. The van der Waals surface area contributed by atoms with Gasteiger partial charge in [0.05, 0.1) is 5.52 Å². The smallest absolute Gasteiger partial charge is 0.0735 e. The number of hydrogen-bond acceptors (Lipinski definition) is 4. The second-order valence-corrected chi connectivity index (χ2v) is 6.77. The normalized spacial score (nSPS) is 17.1. The summed E-state index contributed by atoms with van der Waals surface area (Å²) >= 11 is 1.78. The van der Waals surface area contributed by atoms with Gasteiger partial charge in [-0.2, -0.15) is 11.3 Å². The lowest BCUT2D eigenvalue weighted by Gasteiger charge is -2.31. The first-order valence-corrected chi connectivity index (χ1v) is 8.77. The van der Waals surface area contributed by atoms with Gasteiger partial charge in [-0.1, -0.05) is 0 Å². The van der Waals surface area contributed by atoms with E-state index in [2.05, 4.69) is 43.8 Å². The van der Waals surface area contributed by atoms with Crippen LogP contribution < -0.4 is 0 Å². The molecule has 4 rings (SSSR count). The van der Waals surface area contributed by atoms with E-state index in [0.717, 1.165) is 30.5 Å². The highest BCUT2D eigenvalue weighted by Crippen LogP contribution is 2.28. The molecule has 0 amide bonds. The minimum atomic E-state index is 0.574. The highest BCUT2D eigenvalue weighted by Gasteiger charge is 2.21. The van der Waals surface area contributed by atoms with E-state index >= 15 is 0 Å². The van der Waals surface area contributed by atoms with Crippen LogP contribution in [-0.2, 0) is 6.54 Å². The fourth-order valence-corrected chi connectivity index (χ4v) is 3.89. The van der Waals surface area contributed by atoms with Crippen LogP contribution in [0.3, 0.4) is 0 Å². The van der Waals surface area contributed by atoms with Gasteiger partial charge in [0.2, 0.25) is 0 Å². The molecule has 0 radical (unpaired) electrons. The van der Waals surface area contributed by atoms with Crippen LogP contribution in [0, 0.1) is 0 Å². The Kier molecular flexibility index (Phi) is 3.87. The summed E-state index contributed by atoms with van der Waals surface area (Å²) in [5.41, 5.74) is 3.71. The molecule has 4 heteroatoms. The van der Waals surface area contributed by atoms with Crippen molar-refractivity contribution in [2.24, 2.45) is 0 Å². The number of aromatic nitrogens is 2. The Hall–Kier alpha value is -1.78. The van der Waals surface area contributed by atoms with Crippen LogP contribution in [0.15, 0.2) is 47.4 Å². The summed E-state index contributed by atoms with van der Waals surface area (Å²) in [5.74, 6) is 0.574. The van der Waals surface area contributed by atoms with Gasteiger partial charge in [-0.05, 0) is 66.5 Å². The molecule has 3 aromatic heterocycles. The second kappa shape index (κ2) is 6.15. The first kappa shape index (κ1) is 13.9. The zero-order valence-corrected chi connectivity index (χ0v) is 13.3. The molecular formula is C18H19N3S. The van der Waals surface area contributed by atoms with Crippen molar-refractivity contribution in [1.82, 2.24) is 14.9 Å². The number of fused-ring (bicyclic) bond motifs is 1. The highest BCUT2D eigenvalue weighted by atomic mass is 32.1. The highest BCUT2D eigenvalue weighted by molar-refractivity contribution is 7.07. The zero-order chi connectivity index (χ0) is 14.8. The minimum Gasteiger partial charge on any atom is -0.299 e. The van der Waals surface area contributed by atoms with Crippen LogP contribution in [0.2, 0.25) is 0 Å². The summed E-state index contributed by atoms with van der Waals surface area (Å²) in [6.45, 7) is 3.40. The van der Waals surface area contributed by atoms with Crippen LogP contribution in [0.4, 0.5) is 0 Å². The van der Waals surface area contributed by atoms with E-state index in [4.69, 9.17) is 0 Å². The van der Waals surface area contributed by atoms with Crippen LogP contribution in [0.1, 0.15) is 30.0 Å². The molecule has 0 unspecified atom stereocenters. The van der Waals surface area contributed by atoms with Crippen molar-refractivity contribution >= 4 is 22.2 Å². The Morgan fingerprint density at radius 2 is 2.09 bits per heavy atom. The number of thiophene rings is 1. The molecule has 0 N–H and O–H groups in total. The molecule has 1 aliphatic rings. The minimum absolute atomic E-state index is 0.574. The van der Waals surface area contributed by atoms with E-state index in [1.165, 1.54) is 24.1 Å². The Morgan fingerprint density at radius 3 is 2.91 bits per heavy atom. The molecule has 1 aliphatic heterocycles. The van der Waals surface area contributed by atoms with Crippen molar-refractivity contribution < 1.29 is 0 Å². The van der Waals surface area contributed by atoms with Crippen LogP contribution in [0.5, 0.6) is 0 Å². The summed E-state index contributed by atoms with van der Waals surface area (Å²) < 4.78 is 0. The number of rotatable bonds is 3. The van der Waals surface area contributed by atoms with E-state index < -0.39 is 0 Å². The van der Waals surface area contributed by atoms with Crippen molar-refractivity contribution in [3.05, 3.63) is 58.7 Å². The molecule has 0 atom stereocenters. The van der Waals surface area contributed by atoms with Crippen molar-refractivity contribution in [2.75, 3.05) is 13.1 Å². The van der Waals surface area contributed by atoms with Crippen LogP contribution >= 0.6 is 11.3 Å². The maximum atomic E-state index is 4.67. The average molecular weight is 309 g/mol. The predicted octanol–water partition coefficient (Wildman–Crippen LogP) is 4.07. The fraction of sp³-hybridized carbons (Fsp3) is 0.333. The molecule has 0 saturated carbocycles. The summed E-state index contributed by atoms with van der Waals surface area (Å²) in [6.07, 6.45) is 6.20. The van der Waals surface area contributed by atoms with Gasteiger partial charge in [0.15, 0.2) is 0 Å². The van der Waals surface area contributed by atoms with Crippen molar-refractivity contribution in [3.63, 3.8) is 0 Å². The lowest BCUT2D eigenvalue weighted by Crippen LogP contribution is -2.32. The summed E-state index contributed by atoms with van der Waals surface area (Å²) in [4.78, 5) is 11.7. The number of nitrogens with zero attached hydrogens (tertiary/aromatic N) is 3. The van der Waals surface area contributed by atoms with E-state index in [0.29, 0.717) is 5.92 Å². The first-order valence-electron chi connectivity index (χ1n) is 7.82. The Labute approximate surface area is 134 Å². The fourth-order valence-electron chi connectivity index (χ4n) is 3.23. The number of pyridine rings is 2. The molecule has 1 saturated heterocycles. The number of piperidine rings is 1. The lowest BCUT2D eigenvalue weighted by molar-refractivity contribution is 0.203. The Balaban J connectivity index is 1.43. The molecule has 0 bridgehead atoms. The van der Waals surface area contributed by atoms with E-state index in [-0.39, 0.29) is 0 Å². The average Bonchev–Trinajstić information content (AvgIpc) is 3.08. The molecule has 0 aromatic carbocycles. The quantitative estimate of drug-likeness (QED) is 0.730. The SMILES string of the molecule is c1cnc2cc(C3CCN(Cc4ccsc4)CC3)ncc2c1. The van der Waals surface area contributed by atoms with Gasteiger partial charge in [-0.3, -0.25) is 14.9 Å². The van der Waals surface area contributed by atoms with Gasteiger partial charge < -0.3 is 0 Å². The third kappa shape index (κ3) is 2.89. The molecule has 0 spiro atoms. The zero-order valence-electron chi connectivity index (χ0n) is 12.5. The number of likely N-dealkylation sites (tertiary alicyclic amines) is 1. The lowest BCUT2D eigenvalue weighted by atomic mass is 9.92. The van der Waals surface area contributed by atoms with Crippen LogP contribution in [0.25, 0.3) is 10.9 Å². The van der Waals surface area contributed by atoms with E-state index in [9.17, 15) is 0 Å². The van der Waals surface area contributed by atoms with Gasteiger partial charge in [0, 0.05) is 35.9 Å². The van der Waals surface area contributed by atoms with Crippen molar-refractivity contribution in [3.8, 4) is 0 Å². The van der Waals surface area contributed by atoms with E-state index in [1.54, 1.807) is 11.3 Å². The molecule has 3 nitrogen and oxygen atoms in total. The summed E-state index contributed by atoms with van der Waals surface area (Å²) in [5, 5.41) is 5.54. The predicted molar refractivity (Wildman–Crippen MR) is 91.1 cm³/mol. The molecular weight excluding hydrogens is 290 g/mol. The summed E-state index contributed by atoms with van der Waals surface area (Å²) in [7, 11) is 0. The topological polar surface area (TPSA) is 29.0 Å². The van der Waals surface area contributed by atoms with Crippen molar-refractivity contribution in [1.29, 1.82) is 0 Å². The van der Waals surface area contributed by atoms with Gasteiger partial charge in [0.25, 0.3) is 0 Å². The summed E-state index contributed by atoms with van der Waals surface area (Å²) in [6, 6.07) is 8.44. The Morgan fingerprint density at radius 1 is 1.18 bits per heavy atom. The third-order valence-electron chi connectivity index (χ3n) is 4.50. The first-order chi connectivity index (χ1) is 10.9. The van der Waals surface area contributed by atoms with Crippen LogP contribution in [-0.4, -0.2) is 28.0 Å². The van der Waals surface area contributed by atoms with Crippen molar-refractivity contribution in [2.45, 2.75) is 25.3 Å². The maximum absolute atomic E-state index is 4.67. The third-order valence-corrected chi connectivity index (χ3v) is 5.23. The van der Waals surface area contributed by atoms with Gasteiger partial charge in [-0.25, -0.2) is 0 Å². The molecule has 4 heterocycles. The van der Waals surface area contributed by atoms with Gasteiger partial charge in [-0.15, -0.1) is 0 Å². The maximum Gasteiger partial charge on any atom is 0.0735 e. The standard InChI is InChI=1S/C18H19N3S/c1-2-16-11-20-17(10-18(16)19-6-1)15-3-7-21(8-4-15)12-14-5-9-22-13-14/h1-2,5-6,9-11,13,15H,3-4,7-8,12H2. The monoisotopic (exact) mass is 309 g/mol. The Bertz CT molecular complexity index is 746. The molecule has 3 aromatic rings. The van der Waals surface area contributed by atoms with Gasteiger partial charge >= 0.3 is 0 Å².